The molecule has 0 spiro atoms. The van der Waals surface area contributed by atoms with Crippen molar-refractivity contribution in [3.63, 3.8) is 0 Å². The van der Waals surface area contributed by atoms with Gasteiger partial charge in [0, 0.05) is 6.54 Å². The average Bonchev–Trinajstić information content (AvgIpc) is 2.96. The Morgan fingerprint density at radius 2 is 2.29 bits per heavy atom. The normalized spacial score (nSPS) is 19.5. The van der Waals surface area contributed by atoms with Crippen molar-refractivity contribution >= 4 is 17.7 Å². The summed E-state index contributed by atoms with van der Waals surface area (Å²) in [6.07, 6.45) is 1.38. The topological polar surface area (TPSA) is 76.8 Å². The molecule has 6 heteroatoms. The minimum atomic E-state index is -0.876. The van der Waals surface area contributed by atoms with Crippen molar-refractivity contribution in [1.29, 1.82) is 0 Å². The Bertz CT molecular complexity index is 450. The minimum Gasteiger partial charge on any atom is -0.468 e. The number of hydrogen-bond donors (Lipinski definition) is 0. The Morgan fingerprint density at radius 1 is 1.53 bits per heavy atom. The number of rotatable bonds is 2. The number of amides is 1. The summed E-state index contributed by atoms with van der Waals surface area (Å²) in [6, 6.07) is 3.10. The Hall–Kier alpha value is -2.11. The number of carbonyl (C=O) groups is 3. The van der Waals surface area contributed by atoms with Crippen molar-refractivity contribution < 1.29 is 23.5 Å². The maximum absolute atomic E-state index is 11.8. The van der Waals surface area contributed by atoms with Crippen LogP contribution in [0, 0.1) is 5.92 Å². The van der Waals surface area contributed by atoms with Gasteiger partial charge in [-0.3, -0.25) is 14.4 Å². The summed E-state index contributed by atoms with van der Waals surface area (Å²) in [5, 5.41) is 0. The van der Waals surface area contributed by atoms with Crippen LogP contribution in [-0.2, 0) is 14.3 Å². The third-order valence-corrected chi connectivity index (χ3v) is 2.64. The minimum absolute atomic E-state index is 0.0467. The van der Waals surface area contributed by atoms with Gasteiger partial charge in [-0.25, -0.2) is 0 Å². The number of ketones is 1. The molecule has 1 aliphatic rings. The fraction of sp³-hybridized carbons (Fsp3) is 0.364. The molecule has 0 saturated carbocycles. The predicted molar refractivity (Wildman–Crippen MR) is 55.1 cm³/mol. The first-order valence-corrected chi connectivity index (χ1v) is 5.07. The Kier molecular flexibility index (Phi) is 2.95. The average molecular weight is 237 g/mol. The van der Waals surface area contributed by atoms with Crippen LogP contribution in [0.3, 0.4) is 0 Å². The van der Waals surface area contributed by atoms with Gasteiger partial charge in [-0.05, 0) is 12.1 Å². The largest absolute Gasteiger partial charge is 0.468 e. The molecule has 1 saturated heterocycles. The van der Waals surface area contributed by atoms with Gasteiger partial charge in [0.25, 0.3) is 5.91 Å². The molecule has 0 radical (unpaired) electrons. The second-order valence-electron chi connectivity index (χ2n) is 3.71. The molecule has 6 nitrogen and oxygen atoms in total. The van der Waals surface area contributed by atoms with Crippen molar-refractivity contribution in [1.82, 2.24) is 4.90 Å². The third-order valence-electron chi connectivity index (χ3n) is 2.64. The molecule has 2 rings (SSSR count). The first kappa shape index (κ1) is 11.4. The number of methoxy groups -OCH3 is 1. The fourth-order valence-corrected chi connectivity index (χ4v) is 1.74. The highest BCUT2D eigenvalue weighted by molar-refractivity contribution is 6.05. The molecule has 0 aromatic carbocycles. The highest BCUT2D eigenvalue weighted by Gasteiger charge is 2.39. The standard InChI is InChI=1S/C11H11NO5/c1-16-11(15)7-5-12(6-8(7)13)10(14)9-3-2-4-17-9/h2-4,7H,5-6H2,1H3. The van der Waals surface area contributed by atoms with E-state index in [1.165, 1.54) is 24.3 Å². The summed E-state index contributed by atoms with van der Waals surface area (Å²) in [7, 11) is 1.21. The Balaban J connectivity index is 2.09. The molecule has 90 valence electrons. The number of Topliss-reactive ketones (excluding diaryl/α,β-unsaturated/α-hetero) is 1. The van der Waals surface area contributed by atoms with Crippen LogP contribution in [-0.4, -0.2) is 42.8 Å². The van der Waals surface area contributed by atoms with E-state index in [1.807, 2.05) is 0 Å². The van der Waals surface area contributed by atoms with Crippen molar-refractivity contribution in [3.05, 3.63) is 24.2 Å². The SMILES string of the molecule is COC(=O)C1CN(C(=O)c2ccco2)CC1=O. The van der Waals surface area contributed by atoms with Crippen LogP contribution >= 0.6 is 0 Å². The lowest BCUT2D eigenvalue weighted by Gasteiger charge is -2.12. The van der Waals surface area contributed by atoms with Gasteiger partial charge in [0.1, 0.15) is 5.92 Å². The lowest BCUT2D eigenvalue weighted by molar-refractivity contribution is -0.147. The van der Waals surface area contributed by atoms with Gasteiger partial charge < -0.3 is 14.1 Å². The molecule has 1 aliphatic heterocycles. The van der Waals surface area contributed by atoms with Gasteiger partial charge in [0.2, 0.25) is 0 Å². The quantitative estimate of drug-likeness (QED) is 0.538. The summed E-state index contributed by atoms with van der Waals surface area (Å²) in [5.41, 5.74) is 0. The zero-order chi connectivity index (χ0) is 12.4. The van der Waals surface area contributed by atoms with Crippen LogP contribution in [0.15, 0.2) is 22.8 Å². The summed E-state index contributed by atoms with van der Waals surface area (Å²) < 4.78 is 9.45. The van der Waals surface area contributed by atoms with Crippen LogP contribution in [0.1, 0.15) is 10.6 Å². The van der Waals surface area contributed by atoms with Gasteiger partial charge >= 0.3 is 5.97 Å². The number of esters is 1. The van der Waals surface area contributed by atoms with Crippen LogP contribution in [0.5, 0.6) is 0 Å². The first-order chi connectivity index (χ1) is 8.13. The lowest BCUT2D eigenvalue weighted by atomic mass is 10.1. The van der Waals surface area contributed by atoms with E-state index in [1.54, 1.807) is 6.07 Å². The maximum atomic E-state index is 11.8. The zero-order valence-electron chi connectivity index (χ0n) is 9.21. The molecule has 0 N–H and O–H groups in total. The fourth-order valence-electron chi connectivity index (χ4n) is 1.74. The van der Waals surface area contributed by atoms with Crippen molar-refractivity contribution in [2.75, 3.05) is 20.2 Å². The van der Waals surface area contributed by atoms with E-state index >= 15 is 0 Å². The van der Waals surface area contributed by atoms with Crippen molar-refractivity contribution in [3.8, 4) is 0 Å². The lowest BCUT2D eigenvalue weighted by Crippen LogP contribution is -2.29. The van der Waals surface area contributed by atoms with E-state index < -0.39 is 17.8 Å². The van der Waals surface area contributed by atoms with E-state index in [2.05, 4.69) is 4.74 Å². The van der Waals surface area contributed by atoms with E-state index in [-0.39, 0.29) is 24.6 Å². The molecular formula is C11H11NO5. The Morgan fingerprint density at radius 3 is 2.88 bits per heavy atom. The molecule has 0 aliphatic carbocycles. The molecule has 2 heterocycles. The maximum Gasteiger partial charge on any atom is 0.318 e. The smallest absolute Gasteiger partial charge is 0.318 e. The molecule has 1 amide bonds. The van der Waals surface area contributed by atoms with Crippen LogP contribution in [0.4, 0.5) is 0 Å². The predicted octanol–water partition coefficient (Wildman–Crippen LogP) is 0.0937. The second kappa shape index (κ2) is 4.40. The van der Waals surface area contributed by atoms with Crippen molar-refractivity contribution in [2.45, 2.75) is 0 Å². The molecular weight excluding hydrogens is 226 g/mol. The number of likely N-dealkylation sites (tertiary alicyclic amines) is 1. The summed E-state index contributed by atoms with van der Waals surface area (Å²) in [4.78, 5) is 35.9. The molecule has 1 aromatic heterocycles. The zero-order valence-corrected chi connectivity index (χ0v) is 9.21. The first-order valence-electron chi connectivity index (χ1n) is 5.07. The highest BCUT2D eigenvalue weighted by Crippen LogP contribution is 2.17. The summed E-state index contributed by atoms with van der Waals surface area (Å²) in [6.45, 7) is -0.0374. The molecule has 0 bridgehead atoms. The number of carbonyl (C=O) groups excluding carboxylic acids is 3. The van der Waals surface area contributed by atoms with Gasteiger partial charge in [0.05, 0.1) is 19.9 Å². The van der Waals surface area contributed by atoms with E-state index in [0.717, 1.165) is 0 Å². The molecule has 1 aromatic rings. The van der Waals surface area contributed by atoms with Gasteiger partial charge in [-0.2, -0.15) is 0 Å². The monoisotopic (exact) mass is 237 g/mol. The van der Waals surface area contributed by atoms with Gasteiger partial charge in [0.15, 0.2) is 11.5 Å². The summed E-state index contributed by atoms with van der Waals surface area (Å²) >= 11 is 0. The van der Waals surface area contributed by atoms with Crippen LogP contribution in [0.25, 0.3) is 0 Å². The van der Waals surface area contributed by atoms with Crippen LogP contribution < -0.4 is 0 Å². The van der Waals surface area contributed by atoms with Gasteiger partial charge in [-0.15, -0.1) is 0 Å². The molecule has 1 atom stereocenters. The molecule has 17 heavy (non-hydrogen) atoms. The number of hydrogen-bond acceptors (Lipinski definition) is 5. The second-order valence-corrected chi connectivity index (χ2v) is 3.71. The summed E-state index contributed by atoms with van der Waals surface area (Å²) in [5.74, 6) is -2.03. The molecule has 1 fully saturated rings. The Labute approximate surface area is 97.1 Å². The number of nitrogens with zero attached hydrogens (tertiary/aromatic N) is 1. The third kappa shape index (κ3) is 2.06. The van der Waals surface area contributed by atoms with Gasteiger partial charge in [-0.1, -0.05) is 0 Å². The van der Waals surface area contributed by atoms with E-state index in [9.17, 15) is 14.4 Å². The van der Waals surface area contributed by atoms with E-state index in [0.29, 0.717) is 0 Å². The van der Waals surface area contributed by atoms with E-state index in [4.69, 9.17) is 4.42 Å². The van der Waals surface area contributed by atoms with Crippen molar-refractivity contribution in [2.24, 2.45) is 5.92 Å². The highest BCUT2D eigenvalue weighted by atomic mass is 16.5. The number of ether oxygens (including phenoxy) is 1. The molecule has 1 unspecified atom stereocenters. The number of furan rings is 1. The van der Waals surface area contributed by atoms with Crippen LogP contribution in [0.2, 0.25) is 0 Å².